The van der Waals surface area contributed by atoms with E-state index in [1.807, 2.05) is 4.98 Å². The smallest absolute Gasteiger partial charge is 0.330 e. The van der Waals surface area contributed by atoms with Gasteiger partial charge in [0.2, 0.25) is 0 Å². The molecule has 19 heavy (non-hydrogen) atoms. The Morgan fingerprint density at radius 2 is 2.00 bits per heavy atom. The molecule has 1 aliphatic rings. The van der Waals surface area contributed by atoms with Crippen LogP contribution in [-0.4, -0.2) is 49.3 Å². The van der Waals surface area contributed by atoms with Crippen molar-refractivity contribution in [3.8, 4) is 0 Å². The van der Waals surface area contributed by atoms with Gasteiger partial charge in [-0.3, -0.25) is 14.3 Å². The number of aliphatic hydroxyl groups is 3. The monoisotopic (exact) mass is 272 g/mol. The van der Waals surface area contributed by atoms with Crippen molar-refractivity contribution in [3.63, 3.8) is 0 Å². The topological polar surface area (TPSA) is 125 Å². The maximum Gasteiger partial charge on any atom is 0.330 e. The molecule has 0 aromatic carbocycles. The first-order chi connectivity index (χ1) is 8.74. The van der Waals surface area contributed by atoms with Crippen LogP contribution in [0.25, 0.3) is 0 Å². The van der Waals surface area contributed by atoms with Crippen LogP contribution in [0.2, 0.25) is 0 Å². The highest BCUT2D eigenvalue weighted by Gasteiger charge is 2.58. The zero-order valence-corrected chi connectivity index (χ0v) is 10.5. The number of hydrogen-bond donors (Lipinski definition) is 4. The summed E-state index contributed by atoms with van der Waals surface area (Å²) in [5.41, 5.74) is -4.34. The van der Waals surface area contributed by atoms with E-state index in [1.165, 1.54) is 20.0 Å². The molecule has 0 spiro atoms. The van der Waals surface area contributed by atoms with Gasteiger partial charge in [0, 0.05) is 12.3 Å². The highest BCUT2D eigenvalue weighted by Crippen LogP contribution is 2.40. The van der Waals surface area contributed by atoms with Crippen LogP contribution in [0.1, 0.15) is 13.8 Å². The van der Waals surface area contributed by atoms with E-state index in [0.29, 0.717) is 0 Å². The van der Waals surface area contributed by atoms with Crippen molar-refractivity contribution in [1.29, 1.82) is 0 Å². The summed E-state index contributed by atoms with van der Waals surface area (Å²) in [6, 6.07) is 1.10. The minimum Gasteiger partial charge on any atom is -0.393 e. The summed E-state index contributed by atoms with van der Waals surface area (Å²) in [7, 11) is 0. The molecule has 2 rings (SSSR count). The summed E-state index contributed by atoms with van der Waals surface area (Å²) in [6.07, 6.45) is -1.64. The lowest BCUT2D eigenvalue weighted by Crippen LogP contribution is -2.49. The summed E-state index contributed by atoms with van der Waals surface area (Å²) in [5.74, 6) is 0. The predicted octanol–water partition coefficient (Wildman–Crippen LogP) is -2.29. The standard InChI is InChI=1S/C11H16N2O6/c1-10(5-14)7(16)8(17)11(2,19-10)13-4-3-6(15)12-9(13)18/h3-4,7-8,14,16-17H,5H2,1-2H3,(H,12,15,18)/t7-,8+,10+,11+/m1/s1. The Labute approximate surface area is 107 Å². The molecule has 106 valence electrons. The molecule has 1 aromatic rings. The maximum atomic E-state index is 11.8. The Bertz CT molecular complexity index is 595. The van der Waals surface area contributed by atoms with Gasteiger partial charge in [-0.2, -0.15) is 0 Å². The van der Waals surface area contributed by atoms with Crippen LogP contribution in [0.5, 0.6) is 0 Å². The second kappa shape index (κ2) is 4.27. The Balaban J connectivity index is 2.55. The summed E-state index contributed by atoms with van der Waals surface area (Å²) in [6.45, 7) is 2.28. The highest BCUT2D eigenvalue weighted by molar-refractivity contribution is 5.05. The van der Waals surface area contributed by atoms with Crippen molar-refractivity contribution in [2.75, 3.05) is 6.61 Å². The maximum absolute atomic E-state index is 11.8. The molecule has 0 aliphatic carbocycles. The third kappa shape index (κ3) is 1.93. The molecule has 0 amide bonds. The van der Waals surface area contributed by atoms with Crippen molar-refractivity contribution in [2.45, 2.75) is 37.4 Å². The minimum atomic E-state index is -1.59. The zero-order chi connectivity index (χ0) is 14.4. The molecule has 1 saturated heterocycles. The van der Waals surface area contributed by atoms with Crippen LogP contribution in [0.4, 0.5) is 0 Å². The summed E-state index contributed by atoms with van der Waals surface area (Å²) >= 11 is 0. The van der Waals surface area contributed by atoms with Gasteiger partial charge in [-0.25, -0.2) is 4.79 Å². The Morgan fingerprint density at radius 1 is 1.37 bits per heavy atom. The van der Waals surface area contributed by atoms with E-state index in [9.17, 15) is 24.9 Å². The normalized spacial score (nSPS) is 38.6. The molecule has 0 saturated carbocycles. The first-order valence-electron chi connectivity index (χ1n) is 5.74. The molecular weight excluding hydrogens is 256 g/mol. The van der Waals surface area contributed by atoms with Crippen LogP contribution in [0.15, 0.2) is 21.9 Å². The fourth-order valence-electron chi connectivity index (χ4n) is 2.30. The quantitative estimate of drug-likeness (QED) is 0.480. The van der Waals surface area contributed by atoms with E-state index in [2.05, 4.69) is 0 Å². The van der Waals surface area contributed by atoms with Gasteiger partial charge in [0.15, 0.2) is 5.72 Å². The van der Waals surface area contributed by atoms with Crippen LogP contribution in [0, 0.1) is 0 Å². The SMILES string of the molecule is C[C@]1(n2ccc(=O)[nH]c2=O)O[C@@](C)(CO)[C@H](O)[C@@H]1O. The van der Waals surface area contributed by atoms with Crippen LogP contribution < -0.4 is 11.2 Å². The summed E-state index contributed by atoms with van der Waals surface area (Å²) in [5, 5.41) is 29.3. The number of aromatic amines is 1. The van der Waals surface area contributed by atoms with E-state index in [0.717, 1.165) is 10.6 Å². The van der Waals surface area contributed by atoms with Gasteiger partial charge in [-0.15, -0.1) is 0 Å². The van der Waals surface area contributed by atoms with Gasteiger partial charge >= 0.3 is 5.69 Å². The number of ether oxygens (including phenoxy) is 1. The van der Waals surface area contributed by atoms with Crippen molar-refractivity contribution < 1.29 is 20.1 Å². The van der Waals surface area contributed by atoms with E-state index in [-0.39, 0.29) is 0 Å². The van der Waals surface area contributed by atoms with Crippen molar-refractivity contribution in [2.24, 2.45) is 0 Å². The lowest BCUT2D eigenvalue weighted by molar-refractivity contribution is -0.174. The number of aromatic nitrogens is 2. The third-order valence-electron chi connectivity index (χ3n) is 3.53. The molecule has 0 bridgehead atoms. The fraction of sp³-hybridized carbons (Fsp3) is 0.636. The van der Waals surface area contributed by atoms with Crippen molar-refractivity contribution in [1.82, 2.24) is 9.55 Å². The number of hydrogen-bond acceptors (Lipinski definition) is 6. The molecule has 4 atom stereocenters. The van der Waals surface area contributed by atoms with E-state index < -0.39 is 41.4 Å². The average molecular weight is 272 g/mol. The van der Waals surface area contributed by atoms with E-state index >= 15 is 0 Å². The zero-order valence-electron chi connectivity index (χ0n) is 10.5. The molecule has 1 fully saturated rings. The largest absolute Gasteiger partial charge is 0.393 e. The van der Waals surface area contributed by atoms with Crippen molar-refractivity contribution >= 4 is 0 Å². The second-order valence-electron chi connectivity index (χ2n) is 5.00. The van der Waals surface area contributed by atoms with Crippen molar-refractivity contribution in [3.05, 3.63) is 33.1 Å². The highest BCUT2D eigenvalue weighted by atomic mass is 16.6. The minimum absolute atomic E-state index is 0.529. The number of nitrogens with one attached hydrogen (secondary N) is 1. The van der Waals surface area contributed by atoms with Gasteiger partial charge in [-0.05, 0) is 13.8 Å². The van der Waals surface area contributed by atoms with Crippen LogP contribution in [-0.2, 0) is 10.5 Å². The third-order valence-corrected chi connectivity index (χ3v) is 3.53. The molecule has 8 nitrogen and oxygen atoms in total. The Kier molecular flexibility index (Phi) is 3.13. The first-order valence-corrected chi connectivity index (χ1v) is 5.74. The fourth-order valence-corrected chi connectivity index (χ4v) is 2.30. The number of rotatable bonds is 2. The summed E-state index contributed by atoms with van der Waals surface area (Å²) < 4.78 is 6.48. The van der Waals surface area contributed by atoms with E-state index in [4.69, 9.17) is 4.74 Å². The predicted molar refractivity (Wildman–Crippen MR) is 63.6 cm³/mol. The molecule has 0 radical (unpaired) electrons. The lowest BCUT2D eigenvalue weighted by Gasteiger charge is -2.31. The second-order valence-corrected chi connectivity index (χ2v) is 5.00. The molecular formula is C11H16N2O6. The number of nitrogens with zero attached hydrogens (tertiary/aromatic N) is 1. The Hall–Kier alpha value is -1.48. The molecule has 4 N–H and O–H groups in total. The van der Waals surface area contributed by atoms with Gasteiger partial charge in [-0.1, -0.05) is 0 Å². The number of aliphatic hydroxyl groups excluding tert-OH is 3. The van der Waals surface area contributed by atoms with Gasteiger partial charge < -0.3 is 20.1 Å². The Morgan fingerprint density at radius 3 is 2.47 bits per heavy atom. The van der Waals surface area contributed by atoms with Crippen LogP contribution >= 0.6 is 0 Å². The lowest BCUT2D eigenvalue weighted by atomic mass is 9.96. The molecule has 2 heterocycles. The average Bonchev–Trinajstić information content (AvgIpc) is 2.52. The van der Waals surface area contributed by atoms with Crippen LogP contribution in [0.3, 0.4) is 0 Å². The first kappa shape index (κ1) is 13.9. The molecule has 0 unspecified atom stereocenters. The summed E-state index contributed by atoms with van der Waals surface area (Å²) in [4.78, 5) is 24.8. The van der Waals surface area contributed by atoms with Gasteiger partial charge in [0.1, 0.15) is 17.8 Å². The number of H-pyrrole nitrogens is 1. The molecule has 1 aliphatic heterocycles. The molecule has 8 heteroatoms. The van der Waals surface area contributed by atoms with E-state index in [1.54, 1.807) is 0 Å². The van der Waals surface area contributed by atoms with Gasteiger partial charge in [0.05, 0.1) is 6.61 Å². The molecule has 1 aromatic heterocycles. The van der Waals surface area contributed by atoms with Gasteiger partial charge in [0.25, 0.3) is 5.56 Å².